The second-order valence-electron chi connectivity index (χ2n) is 4.32. The predicted molar refractivity (Wildman–Crippen MR) is 68.1 cm³/mol. The second-order valence-corrected chi connectivity index (χ2v) is 4.88. The molecule has 0 fully saturated rings. The van der Waals surface area contributed by atoms with Crippen LogP contribution in [0.5, 0.6) is 0 Å². The zero-order chi connectivity index (χ0) is 14.0. The van der Waals surface area contributed by atoms with Crippen LogP contribution in [-0.2, 0) is 4.74 Å². The lowest BCUT2D eigenvalue weighted by Gasteiger charge is -2.19. The summed E-state index contributed by atoms with van der Waals surface area (Å²) in [5, 5.41) is 3.22. The Hall–Kier alpha value is -0.0000000000000000555. The molecule has 0 radical (unpaired) electrons. The maximum Gasteiger partial charge on any atom is 0.411 e. The summed E-state index contributed by atoms with van der Waals surface area (Å²) < 4.78 is 39.7. The van der Waals surface area contributed by atoms with Gasteiger partial charge in [-0.05, 0) is 18.9 Å². The molecule has 0 aromatic rings. The van der Waals surface area contributed by atoms with Crippen molar-refractivity contribution in [2.75, 3.05) is 26.3 Å². The first-order valence-corrected chi connectivity index (χ1v) is 6.83. The Kier molecular flexibility index (Phi) is 9.87. The molecule has 0 heterocycles. The second kappa shape index (κ2) is 9.87. The minimum Gasteiger partial charge on any atom is -0.372 e. The van der Waals surface area contributed by atoms with Crippen LogP contribution in [0, 0.1) is 5.92 Å². The van der Waals surface area contributed by atoms with Gasteiger partial charge < -0.3 is 10.1 Å². The molecule has 1 unspecified atom stereocenters. The molecule has 0 aliphatic rings. The first-order chi connectivity index (χ1) is 8.40. The fraction of sp³-hybridized carbons (Fsp3) is 1.00. The first-order valence-electron chi connectivity index (χ1n) is 6.40. The van der Waals surface area contributed by atoms with E-state index in [4.69, 9.17) is 11.6 Å². The van der Waals surface area contributed by atoms with E-state index in [1.165, 1.54) is 0 Å². The summed E-state index contributed by atoms with van der Waals surface area (Å²) >= 11 is 6.20. The van der Waals surface area contributed by atoms with Crippen LogP contribution in [0.3, 0.4) is 0 Å². The summed E-state index contributed by atoms with van der Waals surface area (Å²) in [6, 6.07) is 0. The molecule has 1 N–H and O–H groups in total. The molecule has 0 aromatic heterocycles. The summed E-state index contributed by atoms with van der Waals surface area (Å²) in [5.41, 5.74) is 0. The molecule has 110 valence electrons. The fourth-order valence-corrected chi connectivity index (χ4v) is 2.16. The normalized spacial score (nSPS) is 14.2. The number of nitrogens with one attached hydrogen (secondary N) is 1. The van der Waals surface area contributed by atoms with Gasteiger partial charge in [0.05, 0.1) is 0 Å². The summed E-state index contributed by atoms with van der Waals surface area (Å²) in [6.07, 6.45) is -1.59. The highest BCUT2D eigenvalue weighted by atomic mass is 35.5. The quantitative estimate of drug-likeness (QED) is 0.490. The number of hydrogen-bond acceptors (Lipinski definition) is 2. The summed E-state index contributed by atoms with van der Waals surface area (Å²) in [4.78, 5) is 0. The summed E-state index contributed by atoms with van der Waals surface area (Å²) in [7, 11) is 0. The van der Waals surface area contributed by atoms with Crippen molar-refractivity contribution in [3.63, 3.8) is 0 Å². The standard InChI is InChI=1S/C12H23ClF3NO/c1-3-10(4-2)11(13)8-17-6-5-7-18-9-12(14,15)16/h10-11,17H,3-9H2,1-2H3. The minimum absolute atomic E-state index is 0.0797. The molecule has 0 aromatic carbocycles. The number of halogens is 4. The molecule has 1 atom stereocenters. The number of alkyl halides is 4. The number of ether oxygens (including phenoxy) is 1. The highest BCUT2D eigenvalue weighted by Gasteiger charge is 2.27. The summed E-state index contributed by atoms with van der Waals surface area (Å²) in [5.74, 6) is 0.487. The number of rotatable bonds is 10. The highest BCUT2D eigenvalue weighted by molar-refractivity contribution is 6.21. The van der Waals surface area contributed by atoms with Gasteiger partial charge >= 0.3 is 6.18 Å². The van der Waals surface area contributed by atoms with Gasteiger partial charge in [0.1, 0.15) is 6.61 Å². The van der Waals surface area contributed by atoms with Gasteiger partial charge in [-0.1, -0.05) is 26.7 Å². The Morgan fingerprint density at radius 1 is 1.22 bits per heavy atom. The van der Waals surface area contributed by atoms with E-state index in [1.54, 1.807) is 0 Å². The molecule has 0 spiro atoms. The molecule has 0 bridgehead atoms. The molecular weight excluding hydrogens is 267 g/mol. The summed E-state index contributed by atoms with van der Waals surface area (Å²) in [6.45, 7) is 4.47. The lowest BCUT2D eigenvalue weighted by molar-refractivity contribution is -0.173. The van der Waals surface area contributed by atoms with Crippen molar-refractivity contribution in [1.29, 1.82) is 0 Å². The Labute approximate surface area is 112 Å². The van der Waals surface area contributed by atoms with Crippen molar-refractivity contribution in [2.24, 2.45) is 5.92 Å². The van der Waals surface area contributed by atoms with Crippen molar-refractivity contribution < 1.29 is 17.9 Å². The Bertz CT molecular complexity index is 198. The third-order valence-electron chi connectivity index (χ3n) is 2.81. The third kappa shape index (κ3) is 9.97. The van der Waals surface area contributed by atoms with Crippen LogP contribution in [0.25, 0.3) is 0 Å². The third-order valence-corrected chi connectivity index (χ3v) is 3.32. The van der Waals surface area contributed by atoms with E-state index in [0.29, 0.717) is 25.4 Å². The van der Waals surface area contributed by atoms with E-state index in [-0.39, 0.29) is 12.0 Å². The molecule has 0 saturated heterocycles. The van der Waals surface area contributed by atoms with Crippen LogP contribution in [-0.4, -0.2) is 37.9 Å². The average Bonchev–Trinajstić information content (AvgIpc) is 2.28. The van der Waals surface area contributed by atoms with Crippen LogP contribution >= 0.6 is 11.6 Å². The molecular formula is C12H23ClF3NO. The SMILES string of the molecule is CCC(CC)C(Cl)CNCCCOCC(F)(F)F. The Morgan fingerprint density at radius 2 is 1.83 bits per heavy atom. The molecule has 2 nitrogen and oxygen atoms in total. The van der Waals surface area contributed by atoms with Gasteiger partial charge in [0, 0.05) is 18.5 Å². The van der Waals surface area contributed by atoms with E-state index in [2.05, 4.69) is 23.9 Å². The van der Waals surface area contributed by atoms with E-state index < -0.39 is 12.8 Å². The van der Waals surface area contributed by atoms with Gasteiger partial charge in [-0.25, -0.2) is 0 Å². The predicted octanol–water partition coefficient (Wildman–Crippen LogP) is 3.59. The number of hydrogen-bond donors (Lipinski definition) is 1. The van der Waals surface area contributed by atoms with Crippen molar-refractivity contribution >= 4 is 11.6 Å². The lowest BCUT2D eigenvalue weighted by atomic mass is 9.99. The molecule has 0 aliphatic carbocycles. The van der Waals surface area contributed by atoms with Crippen LogP contribution in [0.1, 0.15) is 33.1 Å². The van der Waals surface area contributed by atoms with Gasteiger partial charge in [-0.15, -0.1) is 11.6 Å². The van der Waals surface area contributed by atoms with Crippen molar-refractivity contribution in [3.8, 4) is 0 Å². The van der Waals surface area contributed by atoms with Crippen molar-refractivity contribution in [3.05, 3.63) is 0 Å². The highest BCUT2D eigenvalue weighted by Crippen LogP contribution is 2.17. The van der Waals surface area contributed by atoms with E-state index in [1.807, 2.05) is 0 Å². The first kappa shape index (κ1) is 18.0. The molecule has 6 heteroatoms. The maximum atomic E-state index is 11.7. The Morgan fingerprint density at radius 3 is 2.33 bits per heavy atom. The zero-order valence-corrected chi connectivity index (χ0v) is 11.8. The van der Waals surface area contributed by atoms with Gasteiger partial charge in [-0.2, -0.15) is 13.2 Å². The van der Waals surface area contributed by atoms with Gasteiger partial charge in [0.2, 0.25) is 0 Å². The molecule has 18 heavy (non-hydrogen) atoms. The van der Waals surface area contributed by atoms with Crippen LogP contribution in [0.4, 0.5) is 13.2 Å². The van der Waals surface area contributed by atoms with Crippen molar-refractivity contribution in [1.82, 2.24) is 5.32 Å². The van der Waals surface area contributed by atoms with Gasteiger partial charge in [-0.3, -0.25) is 0 Å². The topological polar surface area (TPSA) is 21.3 Å². The molecule has 0 amide bonds. The maximum absolute atomic E-state index is 11.7. The monoisotopic (exact) mass is 289 g/mol. The molecule has 0 aliphatic heterocycles. The molecule has 0 rings (SSSR count). The van der Waals surface area contributed by atoms with E-state index >= 15 is 0 Å². The lowest BCUT2D eigenvalue weighted by Crippen LogP contribution is -2.30. The molecule has 0 saturated carbocycles. The zero-order valence-electron chi connectivity index (χ0n) is 11.0. The van der Waals surface area contributed by atoms with Crippen LogP contribution in [0.2, 0.25) is 0 Å². The van der Waals surface area contributed by atoms with Gasteiger partial charge in [0.15, 0.2) is 0 Å². The van der Waals surface area contributed by atoms with Gasteiger partial charge in [0.25, 0.3) is 0 Å². The largest absolute Gasteiger partial charge is 0.411 e. The van der Waals surface area contributed by atoms with Crippen molar-refractivity contribution in [2.45, 2.75) is 44.7 Å². The van der Waals surface area contributed by atoms with E-state index in [9.17, 15) is 13.2 Å². The fourth-order valence-electron chi connectivity index (χ4n) is 1.69. The van der Waals surface area contributed by atoms with Crippen LogP contribution < -0.4 is 5.32 Å². The average molecular weight is 290 g/mol. The van der Waals surface area contributed by atoms with E-state index in [0.717, 1.165) is 12.8 Å². The Balaban J connectivity index is 3.40. The minimum atomic E-state index is -4.23. The van der Waals surface area contributed by atoms with Crippen LogP contribution in [0.15, 0.2) is 0 Å². The smallest absolute Gasteiger partial charge is 0.372 e.